The van der Waals surface area contributed by atoms with Crippen molar-refractivity contribution in [3.63, 3.8) is 0 Å². The molecule has 1 aliphatic heterocycles. The van der Waals surface area contributed by atoms with Crippen molar-refractivity contribution in [1.82, 2.24) is 19.9 Å². The van der Waals surface area contributed by atoms with Crippen LogP contribution in [0.15, 0.2) is 24.5 Å². The first-order chi connectivity index (χ1) is 13.2. The number of aromatic amines is 1. The SMILES string of the molecule is Cl.Cl.N[C@H]1CC[C@H](Nc2nc(N3CCc4cc(F)ccc43)c3nc[nH]c3n2)CC1. The number of rotatable bonds is 3. The standard InChI is InChI=1S/C19H22FN7.2ClH/c20-12-1-6-15-11(9-12)7-8-27(15)18-16-17(23-10-22-16)25-19(26-18)24-14-4-2-13(21)3-5-14;;/h1,6,9-10,13-14H,2-5,7-8,21H2,(H2,22,23,24,25,26);2*1H/t13-,14-;;. The van der Waals surface area contributed by atoms with Crippen LogP contribution >= 0.6 is 24.8 Å². The van der Waals surface area contributed by atoms with Crippen LogP contribution in [0.2, 0.25) is 0 Å². The molecule has 7 nitrogen and oxygen atoms in total. The molecule has 1 aromatic carbocycles. The van der Waals surface area contributed by atoms with Gasteiger partial charge in [0.15, 0.2) is 17.0 Å². The van der Waals surface area contributed by atoms with Crippen molar-refractivity contribution in [3.8, 4) is 0 Å². The monoisotopic (exact) mass is 439 g/mol. The molecule has 0 bridgehead atoms. The summed E-state index contributed by atoms with van der Waals surface area (Å²) in [5.74, 6) is 1.14. The van der Waals surface area contributed by atoms with Crippen molar-refractivity contribution in [2.24, 2.45) is 5.73 Å². The molecule has 0 amide bonds. The van der Waals surface area contributed by atoms with Crippen molar-refractivity contribution in [2.75, 3.05) is 16.8 Å². The topological polar surface area (TPSA) is 95.7 Å². The first-order valence-electron chi connectivity index (χ1n) is 9.46. The highest BCUT2D eigenvalue weighted by molar-refractivity contribution is 5.88. The summed E-state index contributed by atoms with van der Waals surface area (Å²) in [5.41, 5.74) is 9.41. The lowest BCUT2D eigenvalue weighted by Crippen LogP contribution is -2.33. The second kappa shape index (κ2) is 8.69. The van der Waals surface area contributed by atoms with Crippen LogP contribution in [0.5, 0.6) is 0 Å². The molecule has 2 aliphatic rings. The molecule has 0 spiro atoms. The highest BCUT2D eigenvalue weighted by Crippen LogP contribution is 2.37. The van der Waals surface area contributed by atoms with E-state index in [-0.39, 0.29) is 30.6 Å². The van der Waals surface area contributed by atoms with Gasteiger partial charge in [-0.1, -0.05) is 0 Å². The Balaban J connectivity index is 0.00000120. The van der Waals surface area contributed by atoms with Crippen LogP contribution in [0.25, 0.3) is 11.2 Å². The number of hydrogen-bond acceptors (Lipinski definition) is 6. The normalized spacial score (nSPS) is 20.7. The van der Waals surface area contributed by atoms with Gasteiger partial charge in [-0.25, -0.2) is 9.37 Å². The highest BCUT2D eigenvalue weighted by atomic mass is 35.5. The van der Waals surface area contributed by atoms with Gasteiger partial charge in [0.25, 0.3) is 0 Å². The van der Waals surface area contributed by atoms with Gasteiger partial charge in [-0.2, -0.15) is 9.97 Å². The summed E-state index contributed by atoms with van der Waals surface area (Å²) in [7, 11) is 0. The van der Waals surface area contributed by atoms with Crippen LogP contribution in [-0.4, -0.2) is 38.6 Å². The minimum Gasteiger partial charge on any atom is -0.351 e. The van der Waals surface area contributed by atoms with Gasteiger partial charge in [-0.05, 0) is 55.9 Å². The Bertz CT molecular complexity index is 988. The van der Waals surface area contributed by atoms with Crippen molar-refractivity contribution >= 4 is 53.4 Å². The summed E-state index contributed by atoms with van der Waals surface area (Å²) < 4.78 is 13.6. The van der Waals surface area contributed by atoms with Gasteiger partial charge in [0.05, 0.1) is 6.33 Å². The number of anilines is 3. The van der Waals surface area contributed by atoms with Gasteiger partial charge >= 0.3 is 0 Å². The zero-order valence-corrected chi connectivity index (χ0v) is 17.4. The van der Waals surface area contributed by atoms with Crippen LogP contribution in [-0.2, 0) is 6.42 Å². The predicted octanol–water partition coefficient (Wildman–Crippen LogP) is 3.71. The van der Waals surface area contributed by atoms with Gasteiger partial charge in [0, 0.05) is 24.3 Å². The predicted molar refractivity (Wildman–Crippen MR) is 117 cm³/mol. The number of nitrogens with zero attached hydrogens (tertiary/aromatic N) is 4. The van der Waals surface area contributed by atoms with Gasteiger partial charge in [-0.15, -0.1) is 24.8 Å². The number of aromatic nitrogens is 4. The first kappa shape index (κ1) is 21.5. The third-order valence-electron chi connectivity index (χ3n) is 5.56. The number of fused-ring (bicyclic) bond motifs is 2. The van der Waals surface area contributed by atoms with Gasteiger partial charge < -0.3 is 20.9 Å². The molecule has 1 fully saturated rings. The maximum absolute atomic E-state index is 13.6. The minimum absolute atomic E-state index is 0. The third kappa shape index (κ3) is 4.10. The van der Waals surface area contributed by atoms with E-state index in [0.717, 1.165) is 61.2 Å². The molecule has 10 heteroatoms. The van der Waals surface area contributed by atoms with E-state index in [9.17, 15) is 4.39 Å². The fourth-order valence-electron chi connectivity index (χ4n) is 4.11. The Kier molecular flexibility index (Phi) is 6.45. The van der Waals surface area contributed by atoms with Crippen molar-refractivity contribution in [3.05, 3.63) is 35.9 Å². The van der Waals surface area contributed by atoms with Crippen LogP contribution in [0.4, 0.5) is 21.8 Å². The number of H-pyrrole nitrogens is 1. The summed E-state index contributed by atoms with van der Waals surface area (Å²) >= 11 is 0. The molecule has 1 saturated carbocycles. The van der Waals surface area contributed by atoms with Crippen LogP contribution in [0.1, 0.15) is 31.2 Å². The van der Waals surface area contributed by atoms with E-state index in [0.29, 0.717) is 23.7 Å². The number of halogens is 3. The number of nitrogens with one attached hydrogen (secondary N) is 2. The zero-order valence-electron chi connectivity index (χ0n) is 15.8. The molecular formula is C19H24Cl2FN7. The van der Waals surface area contributed by atoms with Crippen LogP contribution < -0.4 is 16.0 Å². The maximum Gasteiger partial charge on any atom is 0.227 e. The van der Waals surface area contributed by atoms with Gasteiger partial charge in [0.2, 0.25) is 5.95 Å². The lowest BCUT2D eigenvalue weighted by atomic mass is 9.92. The maximum atomic E-state index is 13.6. The first-order valence-corrected chi connectivity index (χ1v) is 9.46. The second-order valence-corrected chi connectivity index (χ2v) is 7.40. The molecule has 29 heavy (non-hydrogen) atoms. The van der Waals surface area contributed by atoms with Crippen LogP contribution in [0, 0.1) is 5.82 Å². The lowest BCUT2D eigenvalue weighted by Gasteiger charge is -2.27. The lowest BCUT2D eigenvalue weighted by molar-refractivity contribution is 0.410. The second-order valence-electron chi connectivity index (χ2n) is 7.40. The summed E-state index contributed by atoms with van der Waals surface area (Å²) in [6.07, 6.45) is 6.49. The molecule has 4 N–H and O–H groups in total. The molecule has 156 valence electrons. The number of hydrogen-bond donors (Lipinski definition) is 3. The van der Waals surface area contributed by atoms with E-state index in [1.807, 2.05) is 6.07 Å². The summed E-state index contributed by atoms with van der Waals surface area (Å²) in [4.78, 5) is 19.0. The summed E-state index contributed by atoms with van der Waals surface area (Å²) in [5, 5.41) is 3.47. The number of imidazole rings is 1. The minimum atomic E-state index is -0.207. The Morgan fingerprint density at radius 2 is 1.93 bits per heavy atom. The fraction of sp³-hybridized carbons (Fsp3) is 0.421. The average Bonchev–Trinajstić information content (AvgIpc) is 3.29. The largest absolute Gasteiger partial charge is 0.351 e. The molecule has 0 saturated heterocycles. The summed E-state index contributed by atoms with van der Waals surface area (Å²) in [6, 6.07) is 5.54. The Hall–Kier alpha value is -2.16. The van der Waals surface area contributed by atoms with Crippen molar-refractivity contribution in [1.29, 1.82) is 0 Å². The van der Waals surface area contributed by atoms with E-state index in [2.05, 4.69) is 25.2 Å². The Morgan fingerprint density at radius 1 is 1.14 bits per heavy atom. The fourth-order valence-corrected chi connectivity index (χ4v) is 4.11. The molecule has 0 radical (unpaired) electrons. The smallest absolute Gasteiger partial charge is 0.227 e. The molecule has 0 unspecified atom stereocenters. The molecule has 2 aromatic heterocycles. The van der Waals surface area contributed by atoms with E-state index < -0.39 is 0 Å². The number of benzene rings is 1. The summed E-state index contributed by atoms with van der Waals surface area (Å²) in [6.45, 7) is 0.746. The third-order valence-corrected chi connectivity index (χ3v) is 5.56. The van der Waals surface area contributed by atoms with E-state index >= 15 is 0 Å². The number of nitrogens with two attached hydrogens (primary N) is 1. The molecule has 1 aliphatic carbocycles. The quantitative estimate of drug-likeness (QED) is 0.575. The van der Waals surface area contributed by atoms with Crippen molar-refractivity contribution in [2.45, 2.75) is 44.2 Å². The van der Waals surface area contributed by atoms with E-state index in [1.165, 1.54) is 6.07 Å². The molecule has 0 atom stereocenters. The Labute approximate surface area is 180 Å². The molecular weight excluding hydrogens is 416 g/mol. The zero-order chi connectivity index (χ0) is 18.4. The van der Waals surface area contributed by atoms with Gasteiger partial charge in [0.1, 0.15) is 5.82 Å². The van der Waals surface area contributed by atoms with Gasteiger partial charge in [-0.3, -0.25) is 0 Å². The van der Waals surface area contributed by atoms with Crippen LogP contribution in [0.3, 0.4) is 0 Å². The molecule has 5 rings (SSSR count). The van der Waals surface area contributed by atoms with E-state index in [4.69, 9.17) is 10.7 Å². The highest BCUT2D eigenvalue weighted by Gasteiger charge is 2.26. The Morgan fingerprint density at radius 3 is 2.72 bits per heavy atom. The average molecular weight is 440 g/mol. The van der Waals surface area contributed by atoms with Crippen molar-refractivity contribution < 1.29 is 4.39 Å². The molecule has 3 heterocycles. The molecule has 3 aromatic rings. The van der Waals surface area contributed by atoms with E-state index in [1.54, 1.807) is 12.4 Å².